The van der Waals surface area contributed by atoms with Gasteiger partial charge in [-0.3, -0.25) is 0 Å². The molecule has 2 N–H and O–H groups in total. The second-order valence-electron chi connectivity index (χ2n) is 6.31. The number of rotatable bonds is 7. The van der Waals surface area contributed by atoms with Crippen LogP contribution in [0.3, 0.4) is 0 Å². The molecule has 1 saturated heterocycles. The predicted octanol–water partition coefficient (Wildman–Crippen LogP) is 3.22. The van der Waals surface area contributed by atoms with Crippen molar-refractivity contribution in [2.24, 2.45) is 0 Å². The summed E-state index contributed by atoms with van der Waals surface area (Å²) in [6, 6.07) is 9.07. The van der Waals surface area contributed by atoms with Crippen LogP contribution >= 0.6 is 0 Å². The van der Waals surface area contributed by atoms with Crippen molar-refractivity contribution in [3.05, 3.63) is 35.4 Å². The van der Waals surface area contributed by atoms with Gasteiger partial charge in [-0.25, -0.2) is 0 Å². The molecule has 2 rings (SSSR count). The van der Waals surface area contributed by atoms with E-state index in [1.807, 2.05) is 6.92 Å². The summed E-state index contributed by atoms with van der Waals surface area (Å²) < 4.78 is 5.47. The van der Waals surface area contributed by atoms with E-state index in [1.165, 1.54) is 24.0 Å². The van der Waals surface area contributed by atoms with Gasteiger partial charge in [0.05, 0.1) is 6.10 Å². The minimum atomic E-state index is -0.727. The molecule has 1 aromatic carbocycles. The third-order valence-corrected chi connectivity index (χ3v) is 4.67. The first-order chi connectivity index (χ1) is 10.0. The van der Waals surface area contributed by atoms with Gasteiger partial charge in [0.15, 0.2) is 0 Å². The van der Waals surface area contributed by atoms with Crippen molar-refractivity contribution in [3.63, 3.8) is 0 Å². The van der Waals surface area contributed by atoms with Gasteiger partial charge >= 0.3 is 0 Å². The van der Waals surface area contributed by atoms with E-state index in [0.717, 1.165) is 6.42 Å². The van der Waals surface area contributed by atoms with Crippen molar-refractivity contribution < 1.29 is 9.84 Å². The van der Waals surface area contributed by atoms with Crippen LogP contribution in [0.2, 0.25) is 0 Å². The van der Waals surface area contributed by atoms with Crippen LogP contribution in [0.25, 0.3) is 0 Å². The molecule has 3 atom stereocenters. The van der Waals surface area contributed by atoms with Gasteiger partial charge < -0.3 is 15.2 Å². The van der Waals surface area contributed by atoms with Gasteiger partial charge in [0.1, 0.15) is 5.60 Å². The number of hydrogen-bond donors (Lipinski definition) is 2. The van der Waals surface area contributed by atoms with Crippen molar-refractivity contribution >= 4 is 0 Å². The van der Waals surface area contributed by atoms with Crippen LogP contribution in [-0.4, -0.2) is 30.0 Å². The summed E-state index contributed by atoms with van der Waals surface area (Å²) >= 11 is 0. The molecule has 0 amide bonds. The predicted molar refractivity (Wildman–Crippen MR) is 86.5 cm³/mol. The quantitative estimate of drug-likeness (QED) is 0.810. The Kier molecular flexibility index (Phi) is 5.80. The first-order valence-corrected chi connectivity index (χ1v) is 8.21. The standard InChI is InChI=1S/C18H29NO2/c1-4-5-6-16-7-9-17(10-8-16)14(2)19-13-18(20)11-12-21-15(18)3/h7-10,14-15,19-20H,4-6,11-13H2,1-3H3. The number of nitrogens with one attached hydrogen (secondary N) is 1. The largest absolute Gasteiger partial charge is 0.386 e. The molecule has 3 nitrogen and oxygen atoms in total. The second-order valence-corrected chi connectivity index (χ2v) is 6.31. The highest BCUT2D eigenvalue weighted by atomic mass is 16.5. The summed E-state index contributed by atoms with van der Waals surface area (Å²) in [6.45, 7) is 7.54. The molecule has 0 spiro atoms. The second kappa shape index (κ2) is 7.39. The Morgan fingerprint density at radius 3 is 2.67 bits per heavy atom. The Bertz CT molecular complexity index is 431. The summed E-state index contributed by atoms with van der Waals surface area (Å²) in [5, 5.41) is 14.0. The highest BCUT2D eigenvalue weighted by molar-refractivity contribution is 5.25. The van der Waals surface area contributed by atoms with Gasteiger partial charge in [0.2, 0.25) is 0 Å². The molecule has 21 heavy (non-hydrogen) atoms. The average Bonchev–Trinajstić information content (AvgIpc) is 2.83. The molecule has 1 heterocycles. The van der Waals surface area contributed by atoms with Crippen LogP contribution in [0.5, 0.6) is 0 Å². The lowest BCUT2D eigenvalue weighted by Gasteiger charge is -2.28. The van der Waals surface area contributed by atoms with Crippen molar-refractivity contribution in [1.29, 1.82) is 0 Å². The fraction of sp³-hybridized carbons (Fsp3) is 0.667. The molecular weight excluding hydrogens is 262 g/mol. The molecule has 0 bridgehead atoms. The zero-order chi connectivity index (χ0) is 15.3. The Balaban J connectivity index is 1.86. The van der Waals surface area contributed by atoms with Gasteiger partial charge in [-0.1, -0.05) is 37.6 Å². The minimum absolute atomic E-state index is 0.0892. The van der Waals surface area contributed by atoms with Crippen molar-refractivity contribution in [1.82, 2.24) is 5.32 Å². The van der Waals surface area contributed by atoms with Crippen LogP contribution in [-0.2, 0) is 11.2 Å². The van der Waals surface area contributed by atoms with Gasteiger partial charge in [0, 0.05) is 25.6 Å². The molecule has 1 aliphatic rings. The lowest BCUT2D eigenvalue weighted by Crippen LogP contribution is -2.46. The molecule has 1 aliphatic heterocycles. The van der Waals surface area contributed by atoms with E-state index in [9.17, 15) is 5.11 Å². The van der Waals surface area contributed by atoms with E-state index in [4.69, 9.17) is 4.74 Å². The van der Waals surface area contributed by atoms with E-state index >= 15 is 0 Å². The van der Waals surface area contributed by atoms with Gasteiger partial charge in [-0.05, 0) is 37.8 Å². The molecule has 0 aliphatic carbocycles. The van der Waals surface area contributed by atoms with Crippen molar-refractivity contribution in [3.8, 4) is 0 Å². The van der Waals surface area contributed by atoms with E-state index in [-0.39, 0.29) is 12.1 Å². The van der Waals surface area contributed by atoms with Crippen LogP contribution < -0.4 is 5.32 Å². The topological polar surface area (TPSA) is 41.5 Å². The number of aliphatic hydroxyl groups is 1. The number of benzene rings is 1. The fourth-order valence-electron chi connectivity index (χ4n) is 2.80. The summed E-state index contributed by atoms with van der Waals surface area (Å²) in [7, 11) is 0. The highest BCUT2D eigenvalue weighted by Gasteiger charge is 2.39. The van der Waals surface area contributed by atoms with Gasteiger partial charge in [-0.15, -0.1) is 0 Å². The Labute approximate surface area is 128 Å². The van der Waals surface area contributed by atoms with Crippen LogP contribution in [0.1, 0.15) is 57.2 Å². The van der Waals surface area contributed by atoms with Crippen LogP contribution in [0, 0.1) is 0 Å². The first kappa shape index (κ1) is 16.5. The summed E-state index contributed by atoms with van der Waals surface area (Å²) in [5.74, 6) is 0. The Morgan fingerprint density at radius 1 is 1.38 bits per heavy atom. The molecule has 118 valence electrons. The van der Waals surface area contributed by atoms with Crippen LogP contribution in [0.15, 0.2) is 24.3 Å². The number of unbranched alkanes of at least 4 members (excludes halogenated alkanes) is 1. The summed E-state index contributed by atoms with van der Waals surface area (Å²) in [4.78, 5) is 0. The van der Waals surface area contributed by atoms with E-state index in [0.29, 0.717) is 19.6 Å². The monoisotopic (exact) mass is 291 g/mol. The smallest absolute Gasteiger partial charge is 0.105 e. The van der Waals surface area contributed by atoms with Gasteiger partial charge in [-0.2, -0.15) is 0 Å². The molecule has 3 heteroatoms. The maximum atomic E-state index is 10.5. The number of ether oxygens (including phenoxy) is 1. The first-order valence-electron chi connectivity index (χ1n) is 8.21. The molecule has 0 saturated carbocycles. The third-order valence-electron chi connectivity index (χ3n) is 4.67. The lowest BCUT2D eigenvalue weighted by molar-refractivity contribution is -0.0274. The summed E-state index contributed by atoms with van der Waals surface area (Å²) in [6.07, 6.45) is 4.27. The van der Waals surface area contributed by atoms with E-state index < -0.39 is 5.60 Å². The highest BCUT2D eigenvalue weighted by Crippen LogP contribution is 2.26. The summed E-state index contributed by atoms with van der Waals surface area (Å²) in [5.41, 5.74) is 1.95. The SMILES string of the molecule is CCCCc1ccc(C(C)NCC2(O)CCOC2C)cc1. The zero-order valence-electron chi connectivity index (χ0n) is 13.6. The van der Waals surface area contributed by atoms with E-state index in [2.05, 4.69) is 43.4 Å². The maximum absolute atomic E-state index is 10.5. The molecular formula is C18H29NO2. The molecule has 1 aromatic rings. The zero-order valence-corrected chi connectivity index (χ0v) is 13.6. The molecule has 3 unspecified atom stereocenters. The van der Waals surface area contributed by atoms with E-state index in [1.54, 1.807) is 0 Å². The number of aryl methyl sites for hydroxylation is 1. The third kappa shape index (κ3) is 4.29. The van der Waals surface area contributed by atoms with Crippen molar-refractivity contribution in [2.45, 2.75) is 64.2 Å². The normalized spacial score (nSPS) is 27.0. The maximum Gasteiger partial charge on any atom is 0.105 e. The minimum Gasteiger partial charge on any atom is -0.386 e. The molecule has 0 aromatic heterocycles. The van der Waals surface area contributed by atoms with Crippen molar-refractivity contribution in [2.75, 3.05) is 13.2 Å². The Morgan fingerprint density at radius 2 is 2.10 bits per heavy atom. The Hall–Kier alpha value is -0.900. The average molecular weight is 291 g/mol. The fourth-order valence-corrected chi connectivity index (χ4v) is 2.80. The van der Waals surface area contributed by atoms with Gasteiger partial charge in [0.25, 0.3) is 0 Å². The van der Waals surface area contributed by atoms with Crippen LogP contribution in [0.4, 0.5) is 0 Å². The molecule has 1 fully saturated rings. The lowest BCUT2D eigenvalue weighted by atomic mass is 9.95. The molecule has 0 radical (unpaired) electrons. The number of hydrogen-bond acceptors (Lipinski definition) is 3.